The van der Waals surface area contributed by atoms with Crippen molar-refractivity contribution in [3.63, 3.8) is 0 Å². The molecule has 0 fully saturated rings. The van der Waals surface area contributed by atoms with Crippen LogP contribution in [0.15, 0.2) is 12.2 Å². The van der Waals surface area contributed by atoms with Gasteiger partial charge in [0.05, 0.1) is 19.8 Å². The number of unbranched alkanes of at least 4 members (excludes halogenated alkanes) is 27. The molecule has 0 aromatic rings. The molecule has 55 heavy (non-hydrogen) atoms. The van der Waals surface area contributed by atoms with Crippen molar-refractivity contribution in [3.05, 3.63) is 12.2 Å². The van der Waals surface area contributed by atoms with E-state index in [0.29, 0.717) is 12.8 Å². The Morgan fingerprint density at radius 3 is 1.36 bits per heavy atom. The van der Waals surface area contributed by atoms with Gasteiger partial charge in [0, 0.05) is 12.8 Å². The van der Waals surface area contributed by atoms with Crippen molar-refractivity contribution >= 4 is 19.8 Å². The van der Waals surface area contributed by atoms with Crippen LogP contribution in [0.1, 0.15) is 219 Å². The van der Waals surface area contributed by atoms with Crippen molar-refractivity contribution in [1.82, 2.24) is 0 Å². The minimum absolute atomic E-state index is 0.183. The summed E-state index contributed by atoms with van der Waals surface area (Å²) in [5.41, 5.74) is 0. The minimum Gasteiger partial charge on any atom is -0.462 e. The first-order valence-corrected chi connectivity index (χ1v) is 24.1. The van der Waals surface area contributed by atoms with Gasteiger partial charge in [0.25, 0.3) is 0 Å². The van der Waals surface area contributed by atoms with Crippen LogP contribution in [0, 0.1) is 0 Å². The first kappa shape index (κ1) is 53.7. The average molecular weight is 805 g/mol. The van der Waals surface area contributed by atoms with Crippen LogP contribution < -0.4 is 0 Å². The molecule has 0 bridgehead atoms. The summed E-state index contributed by atoms with van der Waals surface area (Å²) in [4.78, 5) is 34.8. The third-order valence-corrected chi connectivity index (χ3v) is 10.9. The SMILES string of the molecule is CCCCCCCCCCCCCCCCCCCC/C=C/CCCC(=O)OC[C@@H](COP(=O)(O)OC[C@H](O)CO)OC(=O)CCCCCCCCCCC. The molecular weight excluding hydrogens is 719 g/mol. The maximum absolute atomic E-state index is 12.5. The number of hydrogen-bond donors (Lipinski definition) is 3. The van der Waals surface area contributed by atoms with Crippen LogP contribution in [0.25, 0.3) is 0 Å². The molecule has 0 aliphatic rings. The summed E-state index contributed by atoms with van der Waals surface area (Å²) < 4.78 is 32.6. The fraction of sp³-hybridized carbons (Fsp3) is 0.909. The quantitative estimate of drug-likeness (QED) is 0.0235. The Labute approximate surface area is 336 Å². The van der Waals surface area contributed by atoms with Crippen LogP contribution in [0.5, 0.6) is 0 Å². The molecule has 3 N–H and O–H groups in total. The molecule has 0 radical (unpaired) electrons. The fourth-order valence-corrected chi connectivity index (χ4v) is 7.20. The molecule has 0 amide bonds. The Bertz CT molecular complexity index is 930. The first-order valence-electron chi connectivity index (χ1n) is 22.6. The molecule has 0 aliphatic heterocycles. The van der Waals surface area contributed by atoms with Gasteiger partial charge in [0.2, 0.25) is 0 Å². The number of aliphatic hydroxyl groups excluding tert-OH is 2. The normalized spacial score (nSPS) is 13.9. The molecule has 0 aromatic carbocycles. The van der Waals surface area contributed by atoms with Crippen molar-refractivity contribution in [2.45, 2.75) is 232 Å². The Hall–Kier alpha value is -1.29. The molecule has 0 saturated carbocycles. The third-order valence-electron chi connectivity index (χ3n) is 9.92. The number of esters is 2. The highest BCUT2D eigenvalue weighted by molar-refractivity contribution is 7.47. The molecule has 1 unspecified atom stereocenters. The third kappa shape index (κ3) is 40.7. The second kappa shape index (κ2) is 40.9. The van der Waals surface area contributed by atoms with Gasteiger partial charge in [-0.05, 0) is 32.1 Å². The van der Waals surface area contributed by atoms with Crippen molar-refractivity contribution in [2.75, 3.05) is 26.4 Å². The lowest BCUT2D eigenvalue weighted by Crippen LogP contribution is -2.29. The number of carbonyl (C=O) groups excluding carboxylic acids is 2. The summed E-state index contributed by atoms with van der Waals surface area (Å²) in [6.45, 7) is 2.35. The summed E-state index contributed by atoms with van der Waals surface area (Å²) in [5, 5.41) is 18.3. The van der Waals surface area contributed by atoms with Crippen molar-refractivity contribution in [1.29, 1.82) is 0 Å². The molecular formula is C44H85O10P. The number of hydrogen-bond acceptors (Lipinski definition) is 9. The second-order valence-electron chi connectivity index (χ2n) is 15.4. The minimum atomic E-state index is -4.61. The summed E-state index contributed by atoms with van der Waals surface area (Å²) in [6.07, 6.45) is 39.3. The van der Waals surface area contributed by atoms with E-state index in [4.69, 9.17) is 19.1 Å². The molecule has 0 spiro atoms. The highest BCUT2D eigenvalue weighted by Gasteiger charge is 2.27. The maximum Gasteiger partial charge on any atom is 0.472 e. The van der Waals surface area contributed by atoms with Crippen molar-refractivity contribution < 1.29 is 47.8 Å². The molecule has 3 atom stereocenters. The summed E-state index contributed by atoms with van der Waals surface area (Å²) in [6, 6.07) is 0. The van der Waals surface area contributed by atoms with Crippen LogP contribution in [0.3, 0.4) is 0 Å². The highest BCUT2D eigenvalue weighted by atomic mass is 31.2. The van der Waals surface area contributed by atoms with E-state index in [0.717, 1.165) is 32.1 Å². The maximum atomic E-state index is 12.5. The molecule has 0 heterocycles. The molecule has 326 valence electrons. The average Bonchev–Trinajstić information content (AvgIpc) is 3.17. The van der Waals surface area contributed by atoms with E-state index in [2.05, 4.69) is 30.5 Å². The number of phosphoric acid groups is 1. The fourth-order valence-electron chi connectivity index (χ4n) is 6.41. The molecule has 0 saturated heterocycles. The second-order valence-corrected chi connectivity index (χ2v) is 16.9. The van der Waals surface area contributed by atoms with E-state index in [1.54, 1.807) is 0 Å². The van der Waals surface area contributed by atoms with Gasteiger partial charge in [-0.1, -0.05) is 187 Å². The van der Waals surface area contributed by atoms with Gasteiger partial charge in [0.1, 0.15) is 12.7 Å². The van der Waals surface area contributed by atoms with E-state index in [-0.39, 0.29) is 19.4 Å². The summed E-state index contributed by atoms with van der Waals surface area (Å²) in [5.74, 6) is -0.955. The zero-order chi connectivity index (χ0) is 40.5. The Morgan fingerprint density at radius 2 is 0.909 bits per heavy atom. The molecule has 0 rings (SSSR count). The van der Waals surface area contributed by atoms with Gasteiger partial charge in [-0.2, -0.15) is 0 Å². The standard InChI is InChI=1S/C44H85O10P/c1-3-5-7-9-11-13-14-15-16-17-18-19-20-21-22-23-24-25-26-28-29-31-33-35-43(47)51-39-42(40-53-55(49,50)52-38-41(46)37-45)54-44(48)36-34-32-30-27-12-10-8-6-4-2/h28-29,41-42,45-46H,3-27,30-40H2,1-2H3,(H,49,50)/b29-28+/t41-,42+/m1/s1. The number of carbonyl (C=O) groups is 2. The molecule has 0 aromatic heterocycles. The predicted octanol–water partition coefficient (Wildman–Crippen LogP) is 12.0. The lowest BCUT2D eigenvalue weighted by Gasteiger charge is -2.20. The van der Waals surface area contributed by atoms with E-state index in [1.165, 1.54) is 148 Å². The Balaban J connectivity index is 4.10. The number of allylic oxidation sites excluding steroid dienone is 2. The van der Waals surface area contributed by atoms with E-state index in [1.807, 2.05) is 0 Å². The Kier molecular flexibility index (Phi) is 39.9. The van der Waals surface area contributed by atoms with Crippen LogP contribution in [-0.4, -0.2) is 65.7 Å². The van der Waals surface area contributed by atoms with E-state index in [9.17, 15) is 24.2 Å². The van der Waals surface area contributed by atoms with Gasteiger partial charge in [0.15, 0.2) is 6.10 Å². The van der Waals surface area contributed by atoms with Gasteiger partial charge in [-0.3, -0.25) is 18.6 Å². The number of phosphoric ester groups is 1. The smallest absolute Gasteiger partial charge is 0.462 e. The first-order chi connectivity index (χ1) is 26.7. The van der Waals surface area contributed by atoms with Crippen LogP contribution >= 0.6 is 7.82 Å². The largest absolute Gasteiger partial charge is 0.472 e. The van der Waals surface area contributed by atoms with Crippen LogP contribution in [0.4, 0.5) is 0 Å². The topological polar surface area (TPSA) is 149 Å². The van der Waals surface area contributed by atoms with Gasteiger partial charge in [-0.15, -0.1) is 0 Å². The van der Waals surface area contributed by atoms with Crippen LogP contribution in [-0.2, 0) is 32.7 Å². The summed E-state index contributed by atoms with van der Waals surface area (Å²) >= 11 is 0. The number of aliphatic hydroxyl groups is 2. The van der Waals surface area contributed by atoms with Gasteiger partial charge >= 0.3 is 19.8 Å². The van der Waals surface area contributed by atoms with Crippen molar-refractivity contribution in [3.8, 4) is 0 Å². The molecule has 10 nitrogen and oxygen atoms in total. The van der Waals surface area contributed by atoms with Gasteiger partial charge in [-0.25, -0.2) is 4.57 Å². The predicted molar refractivity (Wildman–Crippen MR) is 224 cm³/mol. The number of rotatable bonds is 43. The lowest BCUT2D eigenvalue weighted by molar-refractivity contribution is -0.161. The number of ether oxygens (including phenoxy) is 2. The zero-order valence-corrected chi connectivity index (χ0v) is 36.3. The monoisotopic (exact) mass is 805 g/mol. The Morgan fingerprint density at radius 1 is 0.527 bits per heavy atom. The summed E-state index contributed by atoms with van der Waals surface area (Å²) in [7, 11) is -4.61. The molecule has 0 aliphatic carbocycles. The van der Waals surface area contributed by atoms with Crippen molar-refractivity contribution in [2.24, 2.45) is 0 Å². The van der Waals surface area contributed by atoms with E-state index >= 15 is 0 Å². The highest BCUT2D eigenvalue weighted by Crippen LogP contribution is 2.43. The van der Waals surface area contributed by atoms with Gasteiger partial charge < -0.3 is 24.6 Å². The lowest BCUT2D eigenvalue weighted by atomic mass is 10.0. The van der Waals surface area contributed by atoms with Crippen LogP contribution in [0.2, 0.25) is 0 Å². The molecule has 11 heteroatoms. The van der Waals surface area contributed by atoms with E-state index < -0.39 is 51.8 Å². The zero-order valence-electron chi connectivity index (χ0n) is 35.4.